The van der Waals surface area contributed by atoms with Gasteiger partial charge in [0.25, 0.3) is 0 Å². The number of anilines is 1. The largest absolute Gasteiger partial charge is 0.506 e. The molecule has 7 nitrogen and oxygen atoms in total. The van der Waals surface area contributed by atoms with E-state index in [4.69, 9.17) is 27.9 Å². The highest BCUT2D eigenvalue weighted by Crippen LogP contribution is 2.41. The molecule has 10 heteroatoms. The Kier molecular flexibility index (Phi) is 7.43. The molecule has 0 bridgehead atoms. The van der Waals surface area contributed by atoms with Crippen molar-refractivity contribution in [1.29, 1.82) is 0 Å². The minimum atomic E-state index is -0.793. The van der Waals surface area contributed by atoms with Crippen LogP contribution in [0.25, 0.3) is 5.76 Å². The molecular weight excluding hydrogens is 448 g/mol. The second-order valence-electron chi connectivity index (χ2n) is 7.51. The lowest BCUT2D eigenvalue weighted by Gasteiger charge is -2.22. The molecule has 1 aliphatic carbocycles. The zero-order chi connectivity index (χ0) is 22.7. The first-order chi connectivity index (χ1) is 14.7. The highest BCUT2D eigenvalue weighted by molar-refractivity contribution is 6.45. The quantitative estimate of drug-likeness (QED) is 0.207. The van der Waals surface area contributed by atoms with E-state index in [9.17, 15) is 14.7 Å². The van der Waals surface area contributed by atoms with Crippen molar-refractivity contribution in [2.45, 2.75) is 45.2 Å². The Labute approximate surface area is 189 Å². The Balaban J connectivity index is 1.97. The lowest BCUT2D eigenvalue weighted by atomic mass is 10.1. The van der Waals surface area contributed by atoms with Crippen molar-refractivity contribution in [3.05, 3.63) is 33.1 Å². The van der Waals surface area contributed by atoms with Gasteiger partial charge in [0.05, 0.1) is 28.4 Å². The summed E-state index contributed by atoms with van der Waals surface area (Å²) >= 11 is 12.8. The van der Waals surface area contributed by atoms with Crippen molar-refractivity contribution in [1.82, 2.24) is 5.32 Å². The number of amides is 1. The number of benzene rings is 1. The molecule has 1 aromatic carbocycles. The van der Waals surface area contributed by atoms with Gasteiger partial charge in [0.15, 0.2) is 0 Å². The van der Waals surface area contributed by atoms with Crippen LogP contribution in [0.4, 0.5) is 10.1 Å². The fraction of sp³-hybridized carbons (Fsp3) is 0.476. The van der Waals surface area contributed by atoms with Crippen LogP contribution in [0.1, 0.15) is 38.7 Å². The molecule has 1 aliphatic heterocycles. The molecule has 1 heterocycles. The molecule has 1 saturated heterocycles. The normalized spacial score (nSPS) is 19.5. The van der Waals surface area contributed by atoms with E-state index in [0.29, 0.717) is 19.5 Å². The zero-order valence-corrected chi connectivity index (χ0v) is 18.8. The summed E-state index contributed by atoms with van der Waals surface area (Å²) in [5.74, 6) is -2.22. The number of esters is 1. The first-order valence-corrected chi connectivity index (χ1v) is 10.8. The van der Waals surface area contributed by atoms with Crippen LogP contribution in [0, 0.1) is 5.82 Å². The van der Waals surface area contributed by atoms with Crippen LogP contribution >= 0.6 is 23.2 Å². The Bertz CT molecular complexity index is 947. The summed E-state index contributed by atoms with van der Waals surface area (Å²) in [6.07, 6.45) is 3.67. The van der Waals surface area contributed by atoms with Crippen LogP contribution in [0.2, 0.25) is 10.0 Å². The second-order valence-corrected chi connectivity index (χ2v) is 8.26. The lowest BCUT2D eigenvalue weighted by Crippen LogP contribution is -2.35. The summed E-state index contributed by atoms with van der Waals surface area (Å²) < 4.78 is 20.1. The second kappa shape index (κ2) is 9.87. The van der Waals surface area contributed by atoms with Gasteiger partial charge < -0.3 is 20.1 Å². The SMILES string of the molecule is CCOC(=O)C(C=NC1CC1)=C(O)c1cc(F)c(N2CCC(NC(C)=O)C2)c(Cl)c1Cl. The molecule has 1 aromatic rings. The molecule has 168 valence electrons. The third kappa shape index (κ3) is 5.49. The van der Waals surface area contributed by atoms with Crippen LogP contribution in [0.5, 0.6) is 0 Å². The number of ether oxygens (including phenoxy) is 1. The fourth-order valence-corrected chi connectivity index (χ4v) is 3.93. The van der Waals surface area contributed by atoms with Gasteiger partial charge in [0.1, 0.15) is 17.1 Å². The van der Waals surface area contributed by atoms with Crippen molar-refractivity contribution >= 4 is 52.7 Å². The Morgan fingerprint density at radius 2 is 2.06 bits per heavy atom. The molecule has 1 saturated carbocycles. The van der Waals surface area contributed by atoms with E-state index in [0.717, 1.165) is 18.9 Å². The van der Waals surface area contributed by atoms with Crippen LogP contribution < -0.4 is 10.2 Å². The Morgan fingerprint density at radius 3 is 2.68 bits per heavy atom. The fourth-order valence-electron chi connectivity index (χ4n) is 3.38. The standard InChI is InChI=1S/C21H24Cl2FN3O4/c1-3-31-21(30)15(9-25-12-4-5-12)20(29)14-8-16(24)19(18(23)17(14)22)27-7-6-13(10-27)26-11(2)28/h8-9,12-13,29H,3-7,10H2,1-2H3,(H,26,28). The number of aliphatic hydroxyl groups is 1. The minimum Gasteiger partial charge on any atom is -0.506 e. The lowest BCUT2D eigenvalue weighted by molar-refractivity contribution is -0.137. The molecular formula is C21H24Cl2FN3O4. The number of aliphatic hydroxyl groups excluding tert-OH is 1. The maximum absolute atomic E-state index is 15.1. The maximum atomic E-state index is 15.1. The van der Waals surface area contributed by atoms with Crippen LogP contribution in [-0.4, -0.2) is 55.0 Å². The van der Waals surface area contributed by atoms with Crippen molar-refractivity contribution in [2.24, 2.45) is 4.99 Å². The predicted molar refractivity (Wildman–Crippen MR) is 119 cm³/mol. The number of rotatable bonds is 7. The molecule has 0 spiro atoms. The van der Waals surface area contributed by atoms with Crippen LogP contribution in [-0.2, 0) is 14.3 Å². The van der Waals surface area contributed by atoms with Gasteiger partial charge >= 0.3 is 5.97 Å². The number of halogens is 3. The monoisotopic (exact) mass is 471 g/mol. The Morgan fingerprint density at radius 1 is 1.35 bits per heavy atom. The minimum absolute atomic E-state index is 0.0837. The molecule has 1 unspecified atom stereocenters. The van der Waals surface area contributed by atoms with E-state index in [1.54, 1.807) is 11.8 Å². The van der Waals surface area contributed by atoms with E-state index in [-0.39, 0.29) is 51.5 Å². The van der Waals surface area contributed by atoms with Crippen molar-refractivity contribution in [3.8, 4) is 0 Å². The van der Waals surface area contributed by atoms with Gasteiger partial charge in [-0.2, -0.15) is 0 Å². The van der Waals surface area contributed by atoms with Gasteiger partial charge in [-0.1, -0.05) is 23.2 Å². The van der Waals surface area contributed by atoms with E-state index in [1.165, 1.54) is 13.1 Å². The topological polar surface area (TPSA) is 91.2 Å². The number of carbonyl (C=O) groups is 2. The van der Waals surface area contributed by atoms with Gasteiger partial charge in [0.2, 0.25) is 5.91 Å². The molecule has 1 atom stereocenters. The van der Waals surface area contributed by atoms with Gasteiger partial charge in [-0.15, -0.1) is 0 Å². The summed E-state index contributed by atoms with van der Waals surface area (Å²) in [6, 6.07) is 1.00. The first kappa shape index (κ1) is 23.3. The van der Waals surface area contributed by atoms with Gasteiger partial charge in [-0.25, -0.2) is 9.18 Å². The molecule has 0 aromatic heterocycles. The summed E-state index contributed by atoms with van der Waals surface area (Å²) in [4.78, 5) is 29.5. The maximum Gasteiger partial charge on any atom is 0.343 e. The van der Waals surface area contributed by atoms with E-state index < -0.39 is 17.5 Å². The average molecular weight is 472 g/mol. The number of nitrogens with zero attached hydrogens (tertiary/aromatic N) is 2. The highest BCUT2D eigenvalue weighted by atomic mass is 35.5. The number of hydrogen-bond donors (Lipinski definition) is 2. The average Bonchev–Trinajstić information content (AvgIpc) is 3.43. The number of carbonyl (C=O) groups excluding carboxylic acids is 2. The van der Waals surface area contributed by atoms with E-state index in [1.807, 2.05) is 0 Å². The molecule has 3 rings (SSSR count). The highest BCUT2D eigenvalue weighted by Gasteiger charge is 2.30. The first-order valence-electron chi connectivity index (χ1n) is 10.1. The third-order valence-electron chi connectivity index (χ3n) is 5.01. The summed E-state index contributed by atoms with van der Waals surface area (Å²) in [6.45, 7) is 3.99. The molecule has 2 fully saturated rings. The molecule has 0 radical (unpaired) electrons. The molecule has 2 N–H and O–H groups in total. The van der Waals surface area contributed by atoms with Gasteiger partial charge in [-0.05, 0) is 32.3 Å². The number of nitrogens with one attached hydrogen (secondary N) is 1. The van der Waals surface area contributed by atoms with E-state index in [2.05, 4.69) is 10.3 Å². The predicted octanol–water partition coefficient (Wildman–Crippen LogP) is 3.91. The summed E-state index contributed by atoms with van der Waals surface area (Å²) in [5.41, 5.74) is -0.262. The summed E-state index contributed by atoms with van der Waals surface area (Å²) in [5, 5.41) is 13.4. The summed E-state index contributed by atoms with van der Waals surface area (Å²) in [7, 11) is 0. The molecule has 31 heavy (non-hydrogen) atoms. The third-order valence-corrected chi connectivity index (χ3v) is 5.87. The van der Waals surface area contributed by atoms with Crippen molar-refractivity contribution < 1.29 is 23.8 Å². The number of aliphatic imine (C=N–C) groups is 1. The van der Waals surface area contributed by atoms with Crippen molar-refractivity contribution in [3.63, 3.8) is 0 Å². The smallest absolute Gasteiger partial charge is 0.343 e. The molecule has 1 amide bonds. The van der Waals surface area contributed by atoms with Crippen LogP contribution in [0.15, 0.2) is 16.6 Å². The number of hydrogen-bond acceptors (Lipinski definition) is 6. The zero-order valence-electron chi connectivity index (χ0n) is 17.3. The van der Waals surface area contributed by atoms with Crippen LogP contribution in [0.3, 0.4) is 0 Å². The van der Waals surface area contributed by atoms with Crippen molar-refractivity contribution in [2.75, 3.05) is 24.6 Å². The molecule has 2 aliphatic rings. The van der Waals surface area contributed by atoms with E-state index >= 15 is 4.39 Å². The van der Waals surface area contributed by atoms with Gasteiger partial charge in [-0.3, -0.25) is 9.79 Å². The van der Waals surface area contributed by atoms with Gasteiger partial charge in [0, 0.05) is 37.8 Å². The Hall–Kier alpha value is -2.32.